The van der Waals surface area contributed by atoms with Crippen molar-refractivity contribution in [3.05, 3.63) is 27.9 Å². The summed E-state index contributed by atoms with van der Waals surface area (Å²) >= 11 is 0. The number of anilines is 1. The Kier molecular flexibility index (Phi) is 5.04. The minimum atomic E-state index is -0.529. The van der Waals surface area contributed by atoms with Gasteiger partial charge in [0.25, 0.3) is 0 Å². The number of hydrogen-bond donors (Lipinski definition) is 2. The summed E-state index contributed by atoms with van der Waals surface area (Å²) < 4.78 is 0. The molecule has 0 aliphatic carbocycles. The number of aromatic nitrogens is 1. The van der Waals surface area contributed by atoms with Crippen LogP contribution in [-0.4, -0.2) is 28.9 Å². The number of pyridine rings is 1. The Balaban J connectivity index is 2.68. The van der Waals surface area contributed by atoms with Gasteiger partial charge in [-0.15, -0.1) is 0 Å². The van der Waals surface area contributed by atoms with Crippen molar-refractivity contribution in [2.45, 2.75) is 20.3 Å². The molecule has 1 aromatic rings. The molecule has 0 spiro atoms. The lowest BCUT2D eigenvalue weighted by Crippen LogP contribution is -2.30. The predicted octanol–water partition coefficient (Wildman–Crippen LogP) is 1.24. The molecule has 2 N–H and O–H groups in total. The van der Waals surface area contributed by atoms with E-state index in [1.807, 2.05) is 6.92 Å². The summed E-state index contributed by atoms with van der Waals surface area (Å²) in [4.78, 5) is 25.6. The fourth-order valence-corrected chi connectivity index (χ4v) is 1.32. The minimum absolute atomic E-state index is 0.0305. The molecule has 0 fully saturated rings. The Labute approximate surface area is 105 Å². The van der Waals surface area contributed by atoms with Crippen molar-refractivity contribution in [3.8, 4) is 0 Å². The summed E-state index contributed by atoms with van der Waals surface area (Å²) in [5.41, 5.74) is 0.515. The van der Waals surface area contributed by atoms with Gasteiger partial charge in [-0.3, -0.25) is 14.9 Å². The molecule has 1 amide bonds. The number of nitrogens with zero attached hydrogens (tertiary/aromatic N) is 2. The fraction of sp³-hybridized carbons (Fsp3) is 0.455. The van der Waals surface area contributed by atoms with E-state index in [4.69, 9.17) is 0 Å². The number of rotatable bonds is 6. The molecule has 7 nitrogen and oxygen atoms in total. The fourth-order valence-electron chi connectivity index (χ4n) is 1.32. The van der Waals surface area contributed by atoms with Gasteiger partial charge in [0.2, 0.25) is 11.7 Å². The molecule has 0 bridgehead atoms. The van der Waals surface area contributed by atoms with Gasteiger partial charge in [-0.2, -0.15) is 0 Å². The molecular formula is C11H16N4O3. The zero-order valence-corrected chi connectivity index (χ0v) is 10.4. The highest BCUT2D eigenvalue weighted by Gasteiger charge is 2.15. The molecule has 0 radical (unpaired) electrons. The predicted molar refractivity (Wildman–Crippen MR) is 67.4 cm³/mol. The topological polar surface area (TPSA) is 97.2 Å². The third kappa shape index (κ3) is 4.00. The summed E-state index contributed by atoms with van der Waals surface area (Å²) in [5.74, 6) is -0.0962. The number of carbonyl (C=O) groups is 1. The molecule has 0 aliphatic rings. The smallest absolute Gasteiger partial charge is 0.311 e. The van der Waals surface area contributed by atoms with Gasteiger partial charge in [0.05, 0.1) is 11.5 Å². The highest BCUT2D eigenvalue weighted by molar-refractivity contribution is 5.81. The molecule has 1 heterocycles. The van der Waals surface area contributed by atoms with Crippen LogP contribution in [-0.2, 0) is 4.79 Å². The second-order valence-corrected chi connectivity index (χ2v) is 3.78. The van der Waals surface area contributed by atoms with E-state index in [0.29, 0.717) is 12.2 Å². The van der Waals surface area contributed by atoms with E-state index in [-0.39, 0.29) is 24.0 Å². The standard InChI is InChI=1S/C11H16N4O3/c1-3-6-12-10(16)7-13-11-9(15(17)18)5-4-8(2)14-11/h4-5H,3,6-7H2,1-2H3,(H,12,16)(H,13,14). The highest BCUT2D eigenvalue weighted by Crippen LogP contribution is 2.21. The van der Waals surface area contributed by atoms with Crippen LogP contribution >= 0.6 is 0 Å². The minimum Gasteiger partial charge on any atom is -0.355 e. The molecule has 0 saturated heterocycles. The Hall–Kier alpha value is -2.18. The van der Waals surface area contributed by atoms with Crippen LogP contribution in [0.2, 0.25) is 0 Å². The summed E-state index contributed by atoms with van der Waals surface area (Å²) in [6.45, 7) is 4.23. The molecule has 0 unspecified atom stereocenters. The first kappa shape index (κ1) is 13.9. The van der Waals surface area contributed by atoms with Gasteiger partial charge in [-0.05, 0) is 19.4 Å². The van der Waals surface area contributed by atoms with E-state index in [1.54, 1.807) is 13.0 Å². The third-order valence-corrected chi connectivity index (χ3v) is 2.20. The molecule has 1 rings (SSSR count). The van der Waals surface area contributed by atoms with Gasteiger partial charge in [-0.1, -0.05) is 6.92 Å². The summed E-state index contributed by atoms with van der Waals surface area (Å²) in [6, 6.07) is 2.93. The maximum atomic E-state index is 11.4. The van der Waals surface area contributed by atoms with Crippen molar-refractivity contribution in [3.63, 3.8) is 0 Å². The number of carbonyl (C=O) groups excluding carboxylic acids is 1. The Morgan fingerprint density at radius 1 is 1.50 bits per heavy atom. The maximum Gasteiger partial charge on any atom is 0.311 e. The number of hydrogen-bond acceptors (Lipinski definition) is 5. The van der Waals surface area contributed by atoms with Crippen LogP contribution in [0.25, 0.3) is 0 Å². The van der Waals surface area contributed by atoms with Crippen LogP contribution in [0.4, 0.5) is 11.5 Å². The first-order valence-corrected chi connectivity index (χ1v) is 5.67. The molecule has 0 aliphatic heterocycles. The van der Waals surface area contributed by atoms with E-state index in [1.165, 1.54) is 6.07 Å². The second kappa shape index (κ2) is 6.53. The normalized spacial score (nSPS) is 9.89. The lowest BCUT2D eigenvalue weighted by molar-refractivity contribution is -0.384. The first-order valence-electron chi connectivity index (χ1n) is 5.67. The molecule has 0 saturated carbocycles. The molecule has 18 heavy (non-hydrogen) atoms. The van der Waals surface area contributed by atoms with Crippen LogP contribution in [0, 0.1) is 17.0 Å². The average molecular weight is 252 g/mol. The van der Waals surface area contributed by atoms with Gasteiger partial charge in [0, 0.05) is 18.3 Å². The van der Waals surface area contributed by atoms with E-state index in [9.17, 15) is 14.9 Å². The third-order valence-electron chi connectivity index (χ3n) is 2.20. The van der Waals surface area contributed by atoms with E-state index in [0.717, 1.165) is 6.42 Å². The molecule has 7 heteroatoms. The zero-order valence-electron chi connectivity index (χ0n) is 10.4. The average Bonchev–Trinajstić information content (AvgIpc) is 2.33. The second-order valence-electron chi connectivity index (χ2n) is 3.78. The SMILES string of the molecule is CCCNC(=O)CNc1nc(C)ccc1[N+](=O)[O-]. The molecule has 0 aromatic carbocycles. The van der Waals surface area contributed by atoms with Gasteiger partial charge < -0.3 is 10.6 Å². The van der Waals surface area contributed by atoms with Crippen LogP contribution in [0.1, 0.15) is 19.0 Å². The number of nitrogens with one attached hydrogen (secondary N) is 2. The van der Waals surface area contributed by atoms with Crippen molar-refractivity contribution < 1.29 is 9.72 Å². The lowest BCUT2D eigenvalue weighted by Gasteiger charge is -2.07. The molecule has 0 atom stereocenters. The van der Waals surface area contributed by atoms with E-state index >= 15 is 0 Å². The van der Waals surface area contributed by atoms with Crippen molar-refractivity contribution >= 4 is 17.4 Å². The van der Waals surface area contributed by atoms with E-state index < -0.39 is 4.92 Å². The van der Waals surface area contributed by atoms with Crippen molar-refractivity contribution in [1.82, 2.24) is 10.3 Å². The Morgan fingerprint density at radius 2 is 2.22 bits per heavy atom. The van der Waals surface area contributed by atoms with Crippen LogP contribution in [0.5, 0.6) is 0 Å². The summed E-state index contributed by atoms with van der Waals surface area (Å²) in [6.07, 6.45) is 0.842. The van der Waals surface area contributed by atoms with Crippen molar-refractivity contribution in [1.29, 1.82) is 0 Å². The Bertz CT molecular complexity index is 448. The largest absolute Gasteiger partial charge is 0.355 e. The maximum absolute atomic E-state index is 11.4. The van der Waals surface area contributed by atoms with Crippen molar-refractivity contribution in [2.24, 2.45) is 0 Å². The van der Waals surface area contributed by atoms with Crippen LogP contribution < -0.4 is 10.6 Å². The molecule has 98 valence electrons. The van der Waals surface area contributed by atoms with Gasteiger partial charge in [-0.25, -0.2) is 4.98 Å². The zero-order chi connectivity index (χ0) is 13.5. The van der Waals surface area contributed by atoms with Gasteiger partial charge in [0.1, 0.15) is 0 Å². The Morgan fingerprint density at radius 3 is 2.83 bits per heavy atom. The van der Waals surface area contributed by atoms with Crippen LogP contribution in [0.3, 0.4) is 0 Å². The molecule has 1 aromatic heterocycles. The van der Waals surface area contributed by atoms with Gasteiger partial charge >= 0.3 is 5.69 Å². The first-order chi connectivity index (χ1) is 8.54. The lowest BCUT2D eigenvalue weighted by atomic mass is 10.3. The number of aryl methyl sites for hydroxylation is 1. The number of amides is 1. The quantitative estimate of drug-likeness (QED) is 0.586. The van der Waals surface area contributed by atoms with E-state index in [2.05, 4.69) is 15.6 Å². The number of nitro groups is 1. The highest BCUT2D eigenvalue weighted by atomic mass is 16.6. The monoisotopic (exact) mass is 252 g/mol. The summed E-state index contributed by atoms with van der Waals surface area (Å²) in [5, 5.41) is 16.1. The van der Waals surface area contributed by atoms with Gasteiger partial charge in [0.15, 0.2) is 0 Å². The molecular weight excluding hydrogens is 236 g/mol. The summed E-state index contributed by atoms with van der Waals surface area (Å²) in [7, 11) is 0. The van der Waals surface area contributed by atoms with Crippen LogP contribution in [0.15, 0.2) is 12.1 Å². The van der Waals surface area contributed by atoms with Crippen molar-refractivity contribution in [2.75, 3.05) is 18.4 Å².